The lowest BCUT2D eigenvalue weighted by molar-refractivity contribution is 0.0791. The molecule has 1 saturated heterocycles. The van der Waals surface area contributed by atoms with Gasteiger partial charge < -0.3 is 14.6 Å². The van der Waals surface area contributed by atoms with Crippen molar-refractivity contribution in [3.63, 3.8) is 0 Å². The molecule has 2 atom stereocenters. The number of sulfone groups is 1. The first-order valence-electron chi connectivity index (χ1n) is 6.26. The van der Waals surface area contributed by atoms with E-state index in [1.165, 1.54) is 12.1 Å². The van der Waals surface area contributed by atoms with Crippen LogP contribution in [0.4, 0.5) is 0 Å². The van der Waals surface area contributed by atoms with Gasteiger partial charge in [-0.1, -0.05) is 11.6 Å². The molecule has 8 heteroatoms. The predicted octanol–water partition coefficient (Wildman–Crippen LogP) is 1.43. The Kier molecular flexibility index (Phi) is 3.28. The van der Waals surface area contributed by atoms with E-state index in [9.17, 15) is 18.8 Å². The van der Waals surface area contributed by atoms with Crippen molar-refractivity contribution in [2.45, 2.75) is 12.5 Å². The van der Waals surface area contributed by atoms with Crippen molar-refractivity contribution in [1.29, 1.82) is 5.26 Å². The fourth-order valence-electron chi connectivity index (χ4n) is 2.70. The zero-order valence-electron chi connectivity index (χ0n) is 10.9. The van der Waals surface area contributed by atoms with Crippen LogP contribution >= 0.6 is 11.6 Å². The van der Waals surface area contributed by atoms with Crippen LogP contribution in [0.15, 0.2) is 12.1 Å². The summed E-state index contributed by atoms with van der Waals surface area (Å²) in [5.41, 5.74) is -1.00. The molecular weight excluding hydrogens is 318 g/mol. The van der Waals surface area contributed by atoms with Crippen LogP contribution in [0.25, 0.3) is 0 Å². The number of halogens is 1. The van der Waals surface area contributed by atoms with Crippen LogP contribution in [0.5, 0.6) is 11.5 Å². The summed E-state index contributed by atoms with van der Waals surface area (Å²) in [6.07, 6.45) is -1.16. The zero-order valence-corrected chi connectivity index (χ0v) is 12.4. The Labute approximate surface area is 126 Å². The van der Waals surface area contributed by atoms with Gasteiger partial charge in [-0.3, -0.25) is 0 Å². The van der Waals surface area contributed by atoms with Crippen molar-refractivity contribution in [1.82, 2.24) is 0 Å². The Balaban J connectivity index is 2.01. The van der Waals surface area contributed by atoms with Crippen molar-refractivity contribution >= 4 is 21.4 Å². The Morgan fingerprint density at radius 3 is 2.81 bits per heavy atom. The Bertz CT molecular complexity index is 742. The molecule has 2 heterocycles. The molecule has 6 nitrogen and oxygen atoms in total. The second-order valence-corrected chi connectivity index (χ2v) is 7.84. The van der Waals surface area contributed by atoms with Gasteiger partial charge in [-0.15, -0.1) is 0 Å². The molecule has 2 unspecified atom stereocenters. The molecule has 1 aromatic rings. The van der Waals surface area contributed by atoms with Gasteiger partial charge in [0.2, 0.25) is 6.79 Å². The van der Waals surface area contributed by atoms with Gasteiger partial charge in [0.25, 0.3) is 0 Å². The highest BCUT2D eigenvalue weighted by Crippen LogP contribution is 2.47. The van der Waals surface area contributed by atoms with Gasteiger partial charge in [-0.05, 0) is 24.1 Å². The smallest absolute Gasteiger partial charge is 0.231 e. The number of hydrogen-bond acceptors (Lipinski definition) is 6. The second kappa shape index (κ2) is 4.77. The van der Waals surface area contributed by atoms with Crippen molar-refractivity contribution in [3.05, 3.63) is 22.7 Å². The number of fused-ring (bicyclic) bond motifs is 1. The number of hydrogen-bond donors (Lipinski definition) is 1. The highest BCUT2D eigenvalue weighted by Gasteiger charge is 2.49. The molecule has 0 aliphatic carbocycles. The number of rotatable bonds is 2. The Morgan fingerprint density at radius 1 is 1.43 bits per heavy atom. The lowest BCUT2D eigenvalue weighted by Gasteiger charge is -2.26. The molecule has 21 heavy (non-hydrogen) atoms. The third-order valence-electron chi connectivity index (χ3n) is 3.85. The third kappa shape index (κ3) is 2.33. The number of benzene rings is 1. The Hall–Kier alpha value is -1.49. The first-order valence-corrected chi connectivity index (χ1v) is 8.46. The summed E-state index contributed by atoms with van der Waals surface area (Å²) in [5.74, 6) is 0.308. The summed E-state index contributed by atoms with van der Waals surface area (Å²) >= 11 is 6.05. The first kappa shape index (κ1) is 14.4. The number of nitriles is 1. The number of aliphatic hydroxyl groups is 1. The highest BCUT2D eigenvalue weighted by molar-refractivity contribution is 7.91. The summed E-state index contributed by atoms with van der Waals surface area (Å²) in [4.78, 5) is 0. The molecule has 1 aromatic carbocycles. The average molecular weight is 330 g/mol. The van der Waals surface area contributed by atoms with E-state index in [0.717, 1.165) is 0 Å². The fourth-order valence-corrected chi connectivity index (χ4v) is 4.95. The molecule has 2 aliphatic heterocycles. The second-order valence-electron chi connectivity index (χ2n) is 5.25. The predicted molar refractivity (Wildman–Crippen MR) is 73.9 cm³/mol. The van der Waals surface area contributed by atoms with Crippen LogP contribution in [0.3, 0.4) is 0 Å². The summed E-state index contributed by atoms with van der Waals surface area (Å²) in [6.45, 7) is 0.0341. The molecule has 0 radical (unpaired) electrons. The van der Waals surface area contributed by atoms with Gasteiger partial charge in [0, 0.05) is 0 Å². The van der Waals surface area contributed by atoms with Gasteiger partial charge >= 0.3 is 0 Å². The van der Waals surface area contributed by atoms with E-state index >= 15 is 0 Å². The van der Waals surface area contributed by atoms with E-state index in [0.29, 0.717) is 17.1 Å². The molecule has 112 valence electrons. The van der Waals surface area contributed by atoms with Crippen LogP contribution < -0.4 is 9.47 Å². The molecular formula is C13H12ClNO5S. The van der Waals surface area contributed by atoms with Crippen molar-refractivity contribution in [3.8, 4) is 17.6 Å². The highest BCUT2D eigenvalue weighted by atomic mass is 35.5. The minimum Gasteiger partial charge on any atom is -0.454 e. The van der Waals surface area contributed by atoms with E-state index in [2.05, 4.69) is 0 Å². The molecule has 1 N–H and O–H groups in total. The van der Waals surface area contributed by atoms with E-state index < -0.39 is 21.4 Å². The summed E-state index contributed by atoms with van der Waals surface area (Å²) in [6, 6.07) is 4.98. The van der Waals surface area contributed by atoms with Crippen molar-refractivity contribution < 1.29 is 23.0 Å². The van der Waals surface area contributed by atoms with Gasteiger partial charge in [0.15, 0.2) is 21.3 Å². The third-order valence-corrected chi connectivity index (χ3v) is 5.91. The quantitative estimate of drug-likeness (QED) is 0.881. The lowest BCUT2D eigenvalue weighted by Crippen LogP contribution is -2.28. The average Bonchev–Trinajstić information content (AvgIpc) is 3.02. The maximum atomic E-state index is 11.7. The topological polar surface area (TPSA) is 96.6 Å². The molecule has 0 amide bonds. The standard InChI is InChI=1S/C13H12ClNO5S/c14-9-3-8(4-10-11(9)20-7-19-10)12(16)13(5-15)1-2-21(17,18)6-13/h3-4,12,16H,1-2,6-7H2. The van der Waals surface area contributed by atoms with E-state index in [1.54, 1.807) is 0 Å². The van der Waals surface area contributed by atoms with Crippen LogP contribution in [0, 0.1) is 16.7 Å². The van der Waals surface area contributed by atoms with Crippen molar-refractivity contribution in [2.24, 2.45) is 5.41 Å². The van der Waals surface area contributed by atoms with E-state index in [-0.39, 0.29) is 29.7 Å². The van der Waals surface area contributed by atoms with Gasteiger partial charge in [-0.2, -0.15) is 5.26 Å². The first-order chi connectivity index (χ1) is 9.87. The molecule has 1 fully saturated rings. The summed E-state index contributed by atoms with van der Waals surface area (Å²) < 4.78 is 33.7. The molecule has 2 aliphatic rings. The largest absolute Gasteiger partial charge is 0.454 e. The number of nitrogens with zero attached hydrogens (tertiary/aromatic N) is 1. The lowest BCUT2D eigenvalue weighted by atomic mass is 9.80. The van der Waals surface area contributed by atoms with Crippen LogP contribution in [0.2, 0.25) is 5.02 Å². The summed E-state index contributed by atoms with van der Waals surface area (Å²) in [7, 11) is -3.31. The zero-order chi connectivity index (χ0) is 15.3. The molecule has 0 saturated carbocycles. The maximum absolute atomic E-state index is 11.7. The van der Waals surface area contributed by atoms with Crippen LogP contribution in [0.1, 0.15) is 18.1 Å². The number of ether oxygens (including phenoxy) is 2. The summed E-state index contributed by atoms with van der Waals surface area (Å²) in [5, 5.41) is 20.2. The van der Waals surface area contributed by atoms with Crippen LogP contribution in [-0.4, -0.2) is 31.8 Å². The monoisotopic (exact) mass is 329 g/mol. The van der Waals surface area contributed by atoms with Crippen molar-refractivity contribution in [2.75, 3.05) is 18.3 Å². The maximum Gasteiger partial charge on any atom is 0.231 e. The van der Waals surface area contributed by atoms with Gasteiger partial charge in [0.1, 0.15) is 5.41 Å². The molecule has 3 rings (SSSR count). The minimum absolute atomic E-state index is 0.0341. The molecule has 0 spiro atoms. The SMILES string of the molecule is N#CC1(C(O)c2cc(Cl)c3c(c2)OCO3)CCS(=O)(=O)C1. The van der Waals surface area contributed by atoms with Gasteiger partial charge in [0.05, 0.1) is 28.7 Å². The van der Waals surface area contributed by atoms with E-state index in [4.69, 9.17) is 21.1 Å². The van der Waals surface area contributed by atoms with E-state index in [1.807, 2.05) is 6.07 Å². The van der Waals surface area contributed by atoms with Crippen LogP contribution in [-0.2, 0) is 9.84 Å². The molecule has 0 bridgehead atoms. The molecule has 0 aromatic heterocycles. The minimum atomic E-state index is -3.31. The number of aliphatic hydroxyl groups excluding tert-OH is 1. The fraction of sp³-hybridized carbons (Fsp3) is 0.462. The van der Waals surface area contributed by atoms with Gasteiger partial charge in [-0.25, -0.2) is 8.42 Å². The Morgan fingerprint density at radius 2 is 2.19 bits per heavy atom. The normalized spacial score (nSPS) is 27.3.